The van der Waals surface area contributed by atoms with E-state index in [1.54, 1.807) is 6.07 Å². The Labute approximate surface area is 159 Å². The van der Waals surface area contributed by atoms with Crippen LogP contribution in [0.4, 0.5) is 24.5 Å². The van der Waals surface area contributed by atoms with Gasteiger partial charge in [0.15, 0.2) is 0 Å². The molecule has 8 heteroatoms. The number of nitrogens with one attached hydrogen (secondary N) is 1. The number of nitrogens with zero attached hydrogens (tertiary/aromatic N) is 1. The fourth-order valence-electron chi connectivity index (χ4n) is 3.61. The van der Waals surface area contributed by atoms with Gasteiger partial charge in [0.05, 0.1) is 24.5 Å². The molecule has 0 spiro atoms. The van der Waals surface area contributed by atoms with Crippen LogP contribution >= 0.6 is 15.9 Å². The Morgan fingerprint density at radius 3 is 2.50 bits per heavy atom. The quantitative estimate of drug-likeness (QED) is 0.737. The summed E-state index contributed by atoms with van der Waals surface area (Å²) in [5, 5.41) is 2.49. The fourth-order valence-corrected chi connectivity index (χ4v) is 4.16. The predicted molar refractivity (Wildman–Crippen MR) is 97.4 cm³/mol. The monoisotopic (exact) mass is 434 g/mol. The molecule has 0 radical (unpaired) electrons. The molecule has 0 aromatic heterocycles. The lowest BCUT2D eigenvalue weighted by molar-refractivity contribution is -0.137. The number of rotatable bonds is 4. The lowest BCUT2D eigenvalue weighted by atomic mass is 10.0. The number of carbonyl (C=O) groups is 1. The minimum atomic E-state index is -4.55. The average Bonchev–Trinajstić information content (AvgIpc) is 3.09. The SMILES string of the molecule is O=C(CC1CCCC1)Nc1c(Br)cc(N2CCOCC2)cc1C(F)(F)F. The maximum Gasteiger partial charge on any atom is 0.418 e. The van der Waals surface area contributed by atoms with E-state index >= 15 is 0 Å². The van der Waals surface area contributed by atoms with Crippen molar-refractivity contribution in [2.75, 3.05) is 36.5 Å². The number of amides is 1. The maximum absolute atomic E-state index is 13.6. The topological polar surface area (TPSA) is 41.6 Å². The Morgan fingerprint density at radius 1 is 1.23 bits per heavy atom. The third-order valence-corrected chi connectivity index (χ3v) is 5.60. The van der Waals surface area contributed by atoms with Crippen LogP contribution in [0, 0.1) is 5.92 Å². The van der Waals surface area contributed by atoms with Crippen LogP contribution < -0.4 is 10.2 Å². The van der Waals surface area contributed by atoms with Crippen LogP contribution in [0.3, 0.4) is 0 Å². The number of halogens is 4. The first-order valence-electron chi connectivity index (χ1n) is 8.88. The Kier molecular flexibility index (Phi) is 6.12. The van der Waals surface area contributed by atoms with Gasteiger partial charge in [0, 0.05) is 29.7 Å². The van der Waals surface area contributed by atoms with Crippen LogP contribution in [0.5, 0.6) is 0 Å². The molecule has 26 heavy (non-hydrogen) atoms. The normalized spacial score (nSPS) is 19.0. The van der Waals surface area contributed by atoms with Gasteiger partial charge in [-0.3, -0.25) is 4.79 Å². The predicted octanol–water partition coefficient (Wildman–Crippen LogP) is 4.82. The molecule has 1 aliphatic carbocycles. The number of anilines is 2. The van der Waals surface area contributed by atoms with Gasteiger partial charge in [-0.25, -0.2) is 0 Å². The first-order chi connectivity index (χ1) is 12.3. The minimum absolute atomic E-state index is 0.197. The highest BCUT2D eigenvalue weighted by molar-refractivity contribution is 9.10. The Balaban J connectivity index is 1.84. The highest BCUT2D eigenvalue weighted by Gasteiger charge is 2.36. The van der Waals surface area contributed by atoms with E-state index in [0.29, 0.717) is 32.0 Å². The number of morpholine rings is 1. The van der Waals surface area contributed by atoms with E-state index in [4.69, 9.17) is 4.74 Å². The lowest BCUT2D eigenvalue weighted by Gasteiger charge is -2.30. The molecule has 0 atom stereocenters. The minimum Gasteiger partial charge on any atom is -0.378 e. The number of alkyl halides is 3. The number of hydrogen-bond acceptors (Lipinski definition) is 3. The molecule has 1 aromatic rings. The molecular formula is C18H22BrF3N2O2. The van der Waals surface area contributed by atoms with Crippen molar-refractivity contribution in [3.63, 3.8) is 0 Å². The first kappa shape index (κ1) is 19.5. The molecule has 1 saturated heterocycles. The molecule has 4 nitrogen and oxygen atoms in total. The van der Waals surface area contributed by atoms with Gasteiger partial charge in [-0.1, -0.05) is 12.8 Å². The van der Waals surface area contributed by atoms with E-state index in [2.05, 4.69) is 21.2 Å². The summed E-state index contributed by atoms with van der Waals surface area (Å²) in [6.45, 7) is 2.05. The third-order valence-electron chi connectivity index (χ3n) is 4.97. The Bertz CT molecular complexity index is 655. The van der Waals surface area contributed by atoms with Gasteiger partial charge in [-0.05, 0) is 46.8 Å². The second-order valence-corrected chi connectivity index (χ2v) is 7.70. The van der Waals surface area contributed by atoms with Crippen molar-refractivity contribution in [2.45, 2.75) is 38.3 Å². The van der Waals surface area contributed by atoms with Crippen molar-refractivity contribution in [3.8, 4) is 0 Å². The van der Waals surface area contributed by atoms with E-state index in [9.17, 15) is 18.0 Å². The molecule has 0 unspecified atom stereocenters. The van der Waals surface area contributed by atoms with Crippen LogP contribution in [0.2, 0.25) is 0 Å². The molecule has 1 amide bonds. The molecule has 2 fully saturated rings. The molecule has 0 bridgehead atoms. The zero-order valence-corrected chi connectivity index (χ0v) is 16.0. The van der Waals surface area contributed by atoms with Gasteiger partial charge in [-0.15, -0.1) is 0 Å². The highest BCUT2D eigenvalue weighted by Crippen LogP contribution is 2.42. The van der Waals surface area contributed by atoms with Gasteiger partial charge < -0.3 is 15.0 Å². The summed E-state index contributed by atoms with van der Waals surface area (Å²) in [7, 11) is 0. The molecule has 1 aliphatic heterocycles. The zero-order chi connectivity index (χ0) is 18.7. The van der Waals surface area contributed by atoms with Gasteiger partial charge >= 0.3 is 6.18 Å². The number of ether oxygens (including phenoxy) is 1. The summed E-state index contributed by atoms with van der Waals surface area (Å²) in [6.07, 6.45) is -0.170. The summed E-state index contributed by atoms with van der Waals surface area (Å²) < 4.78 is 46.3. The van der Waals surface area contributed by atoms with Crippen LogP contribution in [-0.2, 0) is 15.7 Å². The van der Waals surface area contributed by atoms with Gasteiger partial charge in [0.2, 0.25) is 5.91 Å². The second-order valence-electron chi connectivity index (χ2n) is 6.85. The molecule has 1 N–H and O–H groups in total. The number of carbonyl (C=O) groups excluding carboxylic acids is 1. The molecule has 1 aromatic carbocycles. The van der Waals surface area contributed by atoms with E-state index in [1.807, 2.05) is 4.90 Å². The summed E-state index contributed by atoms with van der Waals surface area (Å²) in [5.41, 5.74) is -0.549. The van der Waals surface area contributed by atoms with Gasteiger partial charge in [0.1, 0.15) is 0 Å². The lowest BCUT2D eigenvalue weighted by Crippen LogP contribution is -2.36. The molecule has 144 valence electrons. The fraction of sp³-hybridized carbons (Fsp3) is 0.611. The second kappa shape index (κ2) is 8.17. The number of benzene rings is 1. The Hall–Kier alpha value is -1.28. The first-order valence-corrected chi connectivity index (χ1v) is 9.67. The summed E-state index contributed by atoms with van der Waals surface area (Å²) in [6, 6.07) is 2.74. The van der Waals surface area contributed by atoms with Gasteiger partial charge in [-0.2, -0.15) is 13.2 Å². The molecule has 2 aliphatic rings. The van der Waals surface area contributed by atoms with Crippen LogP contribution in [0.15, 0.2) is 16.6 Å². The third kappa shape index (κ3) is 4.71. The Morgan fingerprint density at radius 2 is 1.88 bits per heavy atom. The molecule has 1 heterocycles. The van der Waals surface area contributed by atoms with Crippen LogP contribution in [0.1, 0.15) is 37.7 Å². The van der Waals surface area contributed by atoms with Gasteiger partial charge in [0.25, 0.3) is 0 Å². The summed E-state index contributed by atoms with van der Waals surface area (Å²) in [5.74, 6) is -0.0852. The smallest absolute Gasteiger partial charge is 0.378 e. The van der Waals surface area contributed by atoms with Crippen molar-refractivity contribution in [3.05, 3.63) is 22.2 Å². The van der Waals surface area contributed by atoms with E-state index in [0.717, 1.165) is 31.7 Å². The van der Waals surface area contributed by atoms with Crippen molar-refractivity contribution in [2.24, 2.45) is 5.92 Å². The van der Waals surface area contributed by atoms with Crippen molar-refractivity contribution < 1.29 is 22.7 Å². The molecule has 3 rings (SSSR count). The largest absolute Gasteiger partial charge is 0.418 e. The van der Waals surface area contributed by atoms with E-state index in [1.165, 1.54) is 0 Å². The number of hydrogen-bond donors (Lipinski definition) is 1. The average molecular weight is 435 g/mol. The molecular weight excluding hydrogens is 413 g/mol. The summed E-state index contributed by atoms with van der Waals surface area (Å²) >= 11 is 3.23. The van der Waals surface area contributed by atoms with Crippen molar-refractivity contribution >= 4 is 33.2 Å². The molecule has 1 saturated carbocycles. The highest BCUT2D eigenvalue weighted by atomic mass is 79.9. The van der Waals surface area contributed by atoms with Crippen LogP contribution in [-0.4, -0.2) is 32.2 Å². The standard InChI is InChI=1S/C18H22BrF3N2O2/c19-15-11-13(24-5-7-26-8-6-24)10-14(18(20,21)22)17(15)23-16(25)9-12-3-1-2-4-12/h10-12H,1-9H2,(H,23,25). The van der Waals surface area contributed by atoms with E-state index in [-0.39, 0.29) is 28.4 Å². The van der Waals surface area contributed by atoms with Crippen molar-refractivity contribution in [1.29, 1.82) is 0 Å². The maximum atomic E-state index is 13.6. The summed E-state index contributed by atoms with van der Waals surface area (Å²) in [4.78, 5) is 14.1. The van der Waals surface area contributed by atoms with E-state index < -0.39 is 11.7 Å². The van der Waals surface area contributed by atoms with Crippen molar-refractivity contribution in [1.82, 2.24) is 0 Å². The zero-order valence-electron chi connectivity index (χ0n) is 14.4. The van der Waals surface area contributed by atoms with Crippen LogP contribution in [0.25, 0.3) is 0 Å².